The maximum absolute atomic E-state index is 12.7. The standard InChI is InChI=1S/C20H23NO3S/c1-20(2)12-14-6-3-8-16(19(14)24-20)23-13-18(22)21-10-4-7-15(21)17-9-5-11-25-17/h3,5-6,8-9,11,15H,4,7,10,12-13H2,1-2H3/t15-/m1/s1. The molecule has 2 aliphatic heterocycles. The molecule has 4 rings (SSSR count). The van der Waals surface area contributed by atoms with Gasteiger partial charge in [-0.05, 0) is 44.2 Å². The molecule has 0 N–H and O–H groups in total. The SMILES string of the molecule is CC1(C)Cc2cccc(OCC(=O)N3CCC[C@@H]3c3cccs3)c2O1. The second-order valence-corrected chi connectivity index (χ2v) is 8.31. The first kappa shape index (κ1) is 16.5. The molecule has 1 aromatic heterocycles. The predicted molar refractivity (Wildman–Crippen MR) is 98.4 cm³/mol. The zero-order valence-corrected chi connectivity index (χ0v) is 15.5. The van der Waals surface area contributed by atoms with Gasteiger partial charge >= 0.3 is 0 Å². The van der Waals surface area contributed by atoms with E-state index in [9.17, 15) is 4.79 Å². The second kappa shape index (κ2) is 6.37. The lowest BCUT2D eigenvalue weighted by molar-refractivity contribution is -0.134. The average molecular weight is 357 g/mol. The molecule has 3 heterocycles. The van der Waals surface area contributed by atoms with Gasteiger partial charge in [0.15, 0.2) is 18.1 Å². The summed E-state index contributed by atoms with van der Waals surface area (Å²) in [6.07, 6.45) is 2.94. The fourth-order valence-corrected chi connectivity index (χ4v) is 4.64. The number of amides is 1. The lowest BCUT2D eigenvalue weighted by Crippen LogP contribution is -2.34. The zero-order valence-electron chi connectivity index (χ0n) is 14.7. The summed E-state index contributed by atoms with van der Waals surface area (Å²) >= 11 is 1.72. The van der Waals surface area contributed by atoms with Gasteiger partial charge in [-0.2, -0.15) is 0 Å². The number of carbonyl (C=O) groups is 1. The Hall–Kier alpha value is -2.01. The third-order valence-electron chi connectivity index (χ3n) is 4.85. The number of para-hydroxylation sites is 1. The molecule has 0 unspecified atom stereocenters. The summed E-state index contributed by atoms with van der Waals surface area (Å²) in [5.41, 5.74) is 0.929. The van der Waals surface area contributed by atoms with Gasteiger partial charge in [0.2, 0.25) is 0 Å². The van der Waals surface area contributed by atoms with Crippen molar-refractivity contribution >= 4 is 17.2 Å². The zero-order chi connectivity index (χ0) is 17.4. The second-order valence-electron chi connectivity index (χ2n) is 7.33. The molecule has 0 bridgehead atoms. The number of likely N-dealkylation sites (tertiary alicyclic amines) is 1. The molecule has 132 valence electrons. The molecule has 4 nitrogen and oxygen atoms in total. The van der Waals surface area contributed by atoms with Crippen molar-refractivity contribution in [3.8, 4) is 11.5 Å². The van der Waals surface area contributed by atoms with Crippen LogP contribution in [0.1, 0.15) is 43.2 Å². The van der Waals surface area contributed by atoms with Crippen LogP contribution in [-0.2, 0) is 11.2 Å². The fraction of sp³-hybridized carbons (Fsp3) is 0.450. The summed E-state index contributed by atoms with van der Waals surface area (Å²) < 4.78 is 11.9. The molecule has 0 radical (unpaired) electrons. The monoisotopic (exact) mass is 357 g/mol. The van der Waals surface area contributed by atoms with Crippen LogP contribution in [-0.4, -0.2) is 29.6 Å². The fourth-order valence-electron chi connectivity index (χ4n) is 3.77. The van der Waals surface area contributed by atoms with Crippen molar-refractivity contribution in [3.63, 3.8) is 0 Å². The van der Waals surface area contributed by atoms with E-state index in [0.29, 0.717) is 5.75 Å². The van der Waals surface area contributed by atoms with Crippen LogP contribution in [0.4, 0.5) is 0 Å². The molecule has 2 aliphatic rings. The predicted octanol–water partition coefficient (Wildman–Crippen LogP) is 4.20. The van der Waals surface area contributed by atoms with Crippen LogP contribution in [0.2, 0.25) is 0 Å². The minimum atomic E-state index is -0.217. The van der Waals surface area contributed by atoms with Crippen LogP contribution in [0, 0.1) is 0 Å². The normalized spacial score (nSPS) is 21.0. The summed E-state index contributed by atoms with van der Waals surface area (Å²) in [5, 5.41) is 2.07. The molecule has 0 aliphatic carbocycles. The summed E-state index contributed by atoms with van der Waals surface area (Å²) in [6.45, 7) is 5.00. The Bertz CT molecular complexity index is 769. The van der Waals surface area contributed by atoms with Gasteiger partial charge in [-0.3, -0.25) is 4.79 Å². The van der Waals surface area contributed by atoms with E-state index in [0.717, 1.165) is 37.1 Å². The quantitative estimate of drug-likeness (QED) is 0.823. The molecule has 0 spiro atoms. The van der Waals surface area contributed by atoms with Gasteiger partial charge in [-0.1, -0.05) is 18.2 Å². The number of hydrogen-bond donors (Lipinski definition) is 0. The van der Waals surface area contributed by atoms with Crippen molar-refractivity contribution in [3.05, 3.63) is 46.2 Å². The topological polar surface area (TPSA) is 38.8 Å². The van der Waals surface area contributed by atoms with Crippen LogP contribution >= 0.6 is 11.3 Å². The van der Waals surface area contributed by atoms with E-state index in [4.69, 9.17) is 9.47 Å². The maximum Gasteiger partial charge on any atom is 0.261 e. The van der Waals surface area contributed by atoms with Crippen LogP contribution in [0.5, 0.6) is 11.5 Å². The van der Waals surface area contributed by atoms with Gasteiger partial charge in [-0.25, -0.2) is 0 Å². The highest BCUT2D eigenvalue weighted by molar-refractivity contribution is 7.10. The molecule has 25 heavy (non-hydrogen) atoms. The Morgan fingerprint density at radius 1 is 1.36 bits per heavy atom. The number of fused-ring (bicyclic) bond motifs is 1. The average Bonchev–Trinajstić information content (AvgIpc) is 3.29. The largest absolute Gasteiger partial charge is 0.483 e. The van der Waals surface area contributed by atoms with Gasteiger partial charge in [-0.15, -0.1) is 11.3 Å². The van der Waals surface area contributed by atoms with Gasteiger partial charge in [0.1, 0.15) is 5.60 Å². The Morgan fingerprint density at radius 2 is 2.24 bits per heavy atom. The Labute approximate surface area is 152 Å². The molecule has 1 aromatic carbocycles. The number of rotatable bonds is 4. The summed E-state index contributed by atoms with van der Waals surface area (Å²) in [6, 6.07) is 10.3. The summed E-state index contributed by atoms with van der Waals surface area (Å²) in [4.78, 5) is 15.9. The van der Waals surface area contributed by atoms with Crippen LogP contribution in [0.3, 0.4) is 0 Å². The number of benzene rings is 1. The molecule has 1 atom stereocenters. The van der Waals surface area contributed by atoms with E-state index in [1.54, 1.807) is 11.3 Å². The van der Waals surface area contributed by atoms with Crippen molar-refractivity contribution in [1.82, 2.24) is 4.90 Å². The highest BCUT2D eigenvalue weighted by Crippen LogP contribution is 2.42. The molecule has 0 saturated carbocycles. The number of ether oxygens (including phenoxy) is 2. The first-order chi connectivity index (χ1) is 12.0. The van der Waals surface area contributed by atoms with E-state index < -0.39 is 0 Å². The minimum absolute atomic E-state index is 0.0470. The lowest BCUT2D eigenvalue weighted by Gasteiger charge is -2.24. The Morgan fingerprint density at radius 3 is 3.04 bits per heavy atom. The molecule has 2 aromatic rings. The summed E-state index contributed by atoms with van der Waals surface area (Å²) in [5.74, 6) is 1.51. The molecule has 1 amide bonds. The van der Waals surface area contributed by atoms with Crippen molar-refractivity contribution < 1.29 is 14.3 Å². The third-order valence-corrected chi connectivity index (χ3v) is 5.82. The van der Waals surface area contributed by atoms with Crippen LogP contribution in [0.25, 0.3) is 0 Å². The Kier molecular flexibility index (Phi) is 4.20. The lowest BCUT2D eigenvalue weighted by atomic mass is 10.0. The maximum atomic E-state index is 12.7. The highest BCUT2D eigenvalue weighted by atomic mass is 32.1. The van der Waals surface area contributed by atoms with Crippen LogP contribution < -0.4 is 9.47 Å². The van der Waals surface area contributed by atoms with Crippen molar-refractivity contribution in [2.75, 3.05) is 13.2 Å². The molecule has 1 saturated heterocycles. The van der Waals surface area contributed by atoms with Crippen molar-refractivity contribution in [1.29, 1.82) is 0 Å². The van der Waals surface area contributed by atoms with Gasteiger partial charge in [0.25, 0.3) is 5.91 Å². The van der Waals surface area contributed by atoms with E-state index in [1.165, 1.54) is 4.88 Å². The number of carbonyl (C=O) groups excluding carboxylic acids is 1. The van der Waals surface area contributed by atoms with Gasteiger partial charge in [0, 0.05) is 23.4 Å². The number of nitrogens with zero attached hydrogens (tertiary/aromatic N) is 1. The Balaban J connectivity index is 1.44. The molecular weight excluding hydrogens is 334 g/mol. The number of thiophene rings is 1. The first-order valence-electron chi connectivity index (χ1n) is 8.80. The van der Waals surface area contributed by atoms with Gasteiger partial charge < -0.3 is 14.4 Å². The molecule has 1 fully saturated rings. The van der Waals surface area contributed by atoms with E-state index >= 15 is 0 Å². The molecular formula is C20H23NO3S. The van der Waals surface area contributed by atoms with Crippen molar-refractivity contribution in [2.45, 2.75) is 44.8 Å². The van der Waals surface area contributed by atoms with Crippen LogP contribution in [0.15, 0.2) is 35.7 Å². The highest BCUT2D eigenvalue weighted by Gasteiger charge is 2.33. The van der Waals surface area contributed by atoms with Gasteiger partial charge in [0.05, 0.1) is 6.04 Å². The summed E-state index contributed by atoms with van der Waals surface area (Å²) in [7, 11) is 0. The van der Waals surface area contributed by atoms with E-state index in [1.807, 2.05) is 23.1 Å². The molecule has 5 heteroatoms. The van der Waals surface area contributed by atoms with Crippen molar-refractivity contribution in [2.24, 2.45) is 0 Å². The minimum Gasteiger partial charge on any atom is -0.483 e. The van der Waals surface area contributed by atoms with E-state index in [-0.39, 0.29) is 24.2 Å². The van der Waals surface area contributed by atoms with E-state index in [2.05, 4.69) is 31.4 Å². The number of hydrogen-bond acceptors (Lipinski definition) is 4. The third kappa shape index (κ3) is 3.25. The smallest absolute Gasteiger partial charge is 0.261 e. The first-order valence-corrected chi connectivity index (χ1v) is 9.68.